The first-order valence-electron chi connectivity index (χ1n) is 7.80. The summed E-state index contributed by atoms with van der Waals surface area (Å²) in [5.74, 6) is 0.617. The van der Waals surface area contributed by atoms with Crippen molar-refractivity contribution in [1.29, 1.82) is 5.26 Å². The van der Waals surface area contributed by atoms with E-state index < -0.39 is 0 Å². The van der Waals surface area contributed by atoms with E-state index in [1.165, 1.54) is 0 Å². The number of hydrogen-bond donors (Lipinski definition) is 2. The molecule has 0 aliphatic rings. The molecule has 0 aliphatic heterocycles. The zero-order chi connectivity index (χ0) is 18.7. The summed E-state index contributed by atoms with van der Waals surface area (Å²) >= 11 is 3.44. The number of hydrogen-bond acceptors (Lipinski definition) is 6. The third kappa shape index (κ3) is 3.60. The number of rotatable bonds is 4. The van der Waals surface area contributed by atoms with E-state index in [2.05, 4.69) is 25.9 Å². The Morgan fingerprint density at radius 3 is 2.65 bits per heavy atom. The minimum Gasteiger partial charge on any atom is -0.488 e. The lowest BCUT2D eigenvalue weighted by atomic mass is 10.1. The summed E-state index contributed by atoms with van der Waals surface area (Å²) < 4.78 is 6.84. The average Bonchev–Trinajstić information content (AvgIpc) is 2.61. The maximum atomic E-state index is 9.45. The Labute approximate surface area is 159 Å². The fraction of sp³-hybridized carbons (Fsp3) is 0.105. The van der Waals surface area contributed by atoms with Crippen molar-refractivity contribution in [1.82, 2.24) is 9.97 Å². The van der Waals surface area contributed by atoms with Crippen LogP contribution in [0, 0.1) is 18.3 Å². The van der Waals surface area contributed by atoms with Crippen molar-refractivity contribution in [2.45, 2.75) is 13.5 Å². The first-order chi connectivity index (χ1) is 12.5. The lowest BCUT2D eigenvalue weighted by molar-refractivity contribution is 0.306. The van der Waals surface area contributed by atoms with Gasteiger partial charge in [-0.2, -0.15) is 10.2 Å². The van der Waals surface area contributed by atoms with Gasteiger partial charge in [0.25, 0.3) is 0 Å². The van der Waals surface area contributed by atoms with Crippen LogP contribution in [0.1, 0.15) is 16.7 Å². The third-order valence-corrected chi connectivity index (χ3v) is 4.40. The molecule has 6 nitrogen and oxygen atoms in total. The van der Waals surface area contributed by atoms with E-state index in [1.807, 2.05) is 55.5 Å². The number of ether oxygens (including phenoxy) is 1. The van der Waals surface area contributed by atoms with Gasteiger partial charge in [-0.25, -0.2) is 4.98 Å². The molecule has 26 heavy (non-hydrogen) atoms. The Bertz CT molecular complexity index is 1010. The van der Waals surface area contributed by atoms with E-state index in [4.69, 9.17) is 16.2 Å². The largest absolute Gasteiger partial charge is 0.488 e. The molecule has 0 unspecified atom stereocenters. The Hall–Kier alpha value is -3.11. The van der Waals surface area contributed by atoms with E-state index in [0.717, 1.165) is 15.6 Å². The van der Waals surface area contributed by atoms with Crippen LogP contribution >= 0.6 is 15.9 Å². The highest BCUT2D eigenvalue weighted by Gasteiger charge is 2.18. The molecule has 3 aromatic rings. The smallest absolute Gasteiger partial charge is 0.222 e. The lowest BCUT2D eigenvalue weighted by Gasteiger charge is -2.14. The van der Waals surface area contributed by atoms with Crippen LogP contribution in [0.25, 0.3) is 11.3 Å². The molecule has 0 aliphatic carbocycles. The highest BCUT2D eigenvalue weighted by Crippen LogP contribution is 2.35. The van der Waals surface area contributed by atoms with E-state index in [9.17, 15) is 5.26 Å². The first kappa shape index (κ1) is 17.7. The third-order valence-electron chi connectivity index (χ3n) is 3.91. The summed E-state index contributed by atoms with van der Waals surface area (Å²) in [6, 6.07) is 15.5. The molecular formula is C19H16BrN5O. The lowest BCUT2D eigenvalue weighted by Crippen LogP contribution is -2.06. The fourth-order valence-electron chi connectivity index (χ4n) is 2.54. The van der Waals surface area contributed by atoms with Crippen LogP contribution in [0.4, 0.5) is 11.8 Å². The van der Waals surface area contributed by atoms with Gasteiger partial charge in [-0.15, -0.1) is 0 Å². The number of aryl methyl sites for hydroxylation is 1. The Morgan fingerprint density at radius 1 is 1.15 bits per heavy atom. The van der Waals surface area contributed by atoms with Crippen LogP contribution in [-0.2, 0) is 6.61 Å². The molecule has 0 amide bonds. The molecule has 0 bridgehead atoms. The molecule has 0 fully saturated rings. The van der Waals surface area contributed by atoms with Gasteiger partial charge in [0.1, 0.15) is 29.8 Å². The summed E-state index contributed by atoms with van der Waals surface area (Å²) in [5.41, 5.74) is 14.9. The average molecular weight is 410 g/mol. The minimum atomic E-state index is 0.00123. The highest BCUT2D eigenvalue weighted by atomic mass is 79.9. The predicted octanol–water partition coefficient (Wildman–Crippen LogP) is 3.83. The summed E-state index contributed by atoms with van der Waals surface area (Å²) in [4.78, 5) is 8.07. The van der Waals surface area contributed by atoms with E-state index in [1.54, 1.807) is 0 Å². The van der Waals surface area contributed by atoms with Crippen LogP contribution in [0.15, 0.2) is 46.9 Å². The van der Waals surface area contributed by atoms with Gasteiger partial charge >= 0.3 is 0 Å². The van der Waals surface area contributed by atoms with Crippen molar-refractivity contribution >= 4 is 27.7 Å². The molecular weight excluding hydrogens is 394 g/mol. The zero-order valence-electron chi connectivity index (χ0n) is 14.0. The maximum absolute atomic E-state index is 9.45. The van der Waals surface area contributed by atoms with Crippen LogP contribution in [0.2, 0.25) is 0 Å². The van der Waals surface area contributed by atoms with Gasteiger partial charge in [0.15, 0.2) is 0 Å². The van der Waals surface area contributed by atoms with Crippen molar-refractivity contribution in [3.63, 3.8) is 0 Å². The van der Waals surface area contributed by atoms with E-state index in [0.29, 0.717) is 23.6 Å². The molecule has 130 valence electrons. The maximum Gasteiger partial charge on any atom is 0.222 e. The molecule has 0 atom stereocenters. The van der Waals surface area contributed by atoms with Crippen LogP contribution < -0.4 is 16.2 Å². The second kappa shape index (κ2) is 7.42. The van der Waals surface area contributed by atoms with Crippen LogP contribution in [0.3, 0.4) is 0 Å². The molecule has 0 spiro atoms. The SMILES string of the molecule is Cc1ccccc1COc1ccc(Br)cc1-c1nc(N)nc(N)c1C#N. The van der Waals surface area contributed by atoms with Crippen molar-refractivity contribution in [3.05, 3.63) is 63.6 Å². The van der Waals surface area contributed by atoms with Gasteiger partial charge < -0.3 is 16.2 Å². The van der Waals surface area contributed by atoms with Crippen molar-refractivity contribution in [2.75, 3.05) is 11.5 Å². The second-order valence-electron chi connectivity index (χ2n) is 5.66. The monoisotopic (exact) mass is 409 g/mol. The molecule has 0 saturated carbocycles. The quantitative estimate of drug-likeness (QED) is 0.676. The van der Waals surface area contributed by atoms with Crippen molar-refractivity contribution < 1.29 is 4.74 Å². The summed E-state index contributed by atoms with van der Waals surface area (Å²) in [6.07, 6.45) is 0. The van der Waals surface area contributed by atoms with Gasteiger partial charge in [0.05, 0.1) is 5.69 Å². The molecule has 2 aromatic carbocycles. The van der Waals surface area contributed by atoms with Gasteiger partial charge in [0.2, 0.25) is 5.95 Å². The number of nitriles is 1. The summed E-state index contributed by atoms with van der Waals surface area (Å²) in [7, 11) is 0. The molecule has 3 rings (SSSR count). The second-order valence-corrected chi connectivity index (χ2v) is 6.57. The number of aromatic nitrogens is 2. The number of anilines is 2. The number of nitrogen functional groups attached to an aromatic ring is 2. The van der Waals surface area contributed by atoms with Gasteiger partial charge in [-0.1, -0.05) is 40.2 Å². The van der Waals surface area contributed by atoms with Crippen LogP contribution in [-0.4, -0.2) is 9.97 Å². The molecule has 7 heteroatoms. The Balaban J connectivity index is 2.05. The topological polar surface area (TPSA) is 111 Å². The Kier molecular flexibility index (Phi) is 5.05. The number of halogens is 1. The molecule has 0 saturated heterocycles. The summed E-state index contributed by atoms with van der Waals surface area (Å²) in [6.45, 7) is 2.42. The normalized spacial score (nSPS) is 10.3. The van der Waals surface area contributed by atoms with Gasteiger partial charge in [0, 0.05) is 10.0 Å². The van der Waals surface area contributed by atoms with Crippen molar-refractivity contribution in [2.24, 2.45) is 0 Å². The standard InChI is InChI=1S/C19H16BrN5O/c1-11-4-2-3-5-12(11)10-26-16-7-6-13(20)8-14(16)17-15(9-21)18(22)25-19(23)24-17/h2-8H,10H2,1H3,(H4,22,23,24,25). The summed E-state index contributed by atoms with van der Waals surface area (Å²) in [5, 5.41) is 9.45. The molecule has 4 N–H and O–H groups in total. The van der Waals surface area contributed by atoms with Crippen molar-refractivity contribution in [3.8, 4) is 23.1 Å². The Morgan fingerprint density at radius 2 is 1.92 bits per heavy atom. The highest BCUT2D eigenvalue weighted by molar-refractivity contribution is 9.10. The number of benzene rings is 2. The molecule has 1 aromatic heterocycles. The minimum absolute atomic E-state index is 0.00123. The van der Waals surface area contributed by atoms with E-state index in [-0.39, 0.29) is 17.3 Å². The first-order valence-corrected chi connectivity index (χ1v) is 8.59. The molecule has 1 heterocycles. The number of nitrogens with zero attached hydrogens (tertiary/aromatic N) is 3. The van der Waals surface area contributed by atoms with E-state index >= 15 is 0 Å². The zero-order valence-corrected chi connectivity index (χ0v) is 15.6. The van der Waals surface area contributed by atoms with Crippen LogP contribution in [0.5, 0.6) is 5.75 Å². The predicted molar refractivity (Wildman–Crippen MR) is 104 cm³/mol. The van der Waals surface area contributed by atoms with Gasteiger partial charge in [-0.3, -0.25) is 0 Å². The number of nitrogens with two attached hydrogens (primary N) is 2. The fourth-order valence-corrected chi connectivity index (χ4v) is 2.90. The van der Waals surface area contributed by atoms with Gasteiger partial charge in [-0.05, 0) is 36.2 Å². The molecule has 0 radical (unpaired) electrons.